The zero-order valence-electron chi connectivity index (χ0n) is 9.89. The zero-order valence-corrected chi connectivity index (χ0v) is 9.89. The minimum Gasteiger partial charge on any atom is -0.263 e. The van der Waals surface area contributed by atoms with E-state index in [0.29, 0.717) is 5.92 Å². The molecule has 1 saturated carbocycles. The highest BCUT2D eigenvalue weighted by Crippen LogP contribution is 2.31. The number of H-pyrrole nitrogens is 1. The number of nitrogens with one attached hydrogen (secondary N) is 1. The van der Waals surface area contributed by atoms with Crippen molar-refractivity contribution in [2.75, 3.05) is 0 Å². The van der Waals surface area contributed by atoms with Gasteiger partial charge >= 0.3 is 0 Å². The number of aromatic nitrogens is 3. The van der Waals surface area contributed by atoms with Gasteiger partial charge in [0.25, 0.3) is 0 Å². The molecule has 0 unspecified atom stereocenters. The molecular weight excluding hydrogens is 210 g/mol. The molecule has 3 heteroatoms. The predicted octanol–water partition coefficient (Wildman–Crippen LogP) is 3.05. The first-order valence-electron chi connectivity index (χ1n) is 6.37. The summed E-state index contributed by atoms with van der Waals surface area (Å²) in [5.74, 6) is 2.60. The second-order valence-corrected chi connectivity index (χ2v) is 4.78. The number of aromatic amines is 1. The van der Waals surface area contributed by atoms with Crippen LogP contribution < -0.4 is 0 Å². The van der Waals surface area contributed by atoms with Gasteiger partial charge in [0, 0.05) is 12.3 Å². The molecular formula is C14H17N3. The van der Waals surface area contributed by atoms with Crippen LogP contribution in [0.5, 0.6) is 0 Å². The van der Waals surface area contributed by atoms with Crippen molar-refractivity contribution >= 4 is 0 Å². The Bertz CT molecular complexity index is 469. The van der Waals surface area contributed by atoms with Crippen LogP contribution in [0.3, 0.4) is 0 Å². The van der Waals surface area contributed by atoms with Crippen LogP contribution in [0.1, 0.15) is 48.8 Å². The van der Waals surface area contributed by atoms with Gasteiger partial charge in [-0.15, -0.1) is 0 Å². The third-order valence-corrected chi connectivity index (χ3v) is 3.48. The summed E-state index contributed by atoms with van der Waals surface area (Å²) in [5, 5.41) is 7.43. The first-order chi connectivity index (χ1) is 8.42. The zero-order chi connectivity index (χ0) is 11.5. The minimum atomic E-state index is 0.593. The summed E-state index contributed by atoms with van der Waals surface area (Å²) in [6.07, 6.45) is 6.01. The van der Waals surface area contributed by atoms with E-state index in [0.717, 1.165) is 18.1 Å². The van der Waals surface area contributed by atoms with Crippen molar-refractivity contribution in [1.29, 1.82) is 0 Å². The van der Waals surface area contributed by atoms with Crippen LogP contribution in [0.15, 0.2) is 30.3 Å². The molecule has 0 aliphatic heterocycles. The standard InChI is InChI=1S/C14H17N3/c1-2-6-11(7-3-1)10-13-15-14(17-16-13)12-8-4-5-9-12/h1-3,6-7,12H,4-5,8-10H2,(H,15,16,17). The lowest BCUT2D eigenvalue weighted by molar-refractivity contribution is 0.671. The molecule has 2 aromatic rings. The first-order valence-corrected chi connectivity index (χ1v) is 6.37. The molecule has 0 atom stereocenters. The summed E-state index contributed by atoms with van der Waals surface area (Å²) in [5.41, 5.74) is 1.28. The highest BCUT2D eigenvalue weighted by atomic mass is 15.2. The van der Waals surface area contributed by atoms with Crippen LogP contribution in [0.4, 0.5) is 0 Å². The molecule has 0 spiro atoms. The molecule has 1 heterocycles. The molecule has 0 radical (unpaired) electrons. The van der Waals surface area contributed by atoms with Crippen LogP contribution in [-0.4, -0.2) is 15.2 Å². The van der Waals surface area contributed by atoms with E-state index in [-0.39, 0.29) is 0 Å². The Morgan fingerprint density at radius 1 is 1.12 bits per heavy atom. The molecule has 3 rings (SSSR count). The van der Waals surface area contributed by atoms with E-state index in [1.54, 1.807) is 0 Å². The maximum absolute atomic E-state index is 4.62. The largest absolute Gasteiger partial charge is 0.263 e. The Kier molecular flexibility index (Phi) is 2.90. The smallest absolute Gasteiger partial charge is 0.153 e. The van der Waals surface area contributed by atoms with Crippen molar-refractivity contribution in [2.24, 2.45) is 0 Å². The van der Waals surface area contributed by atoms with Gasteiger partial charge in [0.05, 0.1) is 0 Å². The van der Waals surface area contributed by atoms with Gasteiger partial charge in [0.2, 0.25) is 0 Å². The second-order valence-electron chi connectivity index (χ2n) is 4.78. The Morgan fingerprint density at radius 2 is 1.88 bits per heavy atom. The van der Waals surface area contributed by atoms with Gasteiger partial charge < -0.3 is 0 Å². The SMILES string of the molecule is c1ccc(Cc2nc(C3CCCC3)n[nH]2)cc1. The van der Waals surface area contributed by atoms with Crippen molar-refractivity contribution < 1.29 is 0 Å². The van der Waals surface area contributed by atoms with Crippen molar-refractivity contribution in [3.05, 3.63) is 47.5 Å². The fraction of sp³-hybridized carbons (Fsp3) is 0.429. The summed E-state index contributed by atoms with van der Waals surface area (Å²) in [6, 6.07) is 10.4. The van der Waals surface area contributed by atoms with E-state index >= 15 is 0 Å². The van der Waals surface area contributed by atoms with Crippen molar-refractivity contribution in [3.8, 4) is 0 Å². The number of hydrogen-bond acceptors (Lipinski definition) is 2. The van der Waals surface area contributed by atoms with E-state index in [1.165, 1.54) is 31.2 Å². The van der Waals surface area contributed by atoms with E-state index in [1.807, 2.05) is 6.07 Å². The van der Waals surface area contributed by atoms with Gasteiger partial charge in [-0.05, 0) is 18.4 Å². The highest BCUT2D eigenvalue weighted by Gasteiger charge is 2.20. The molecule has 1 N–H and O–H groups in total. The number of rotatable bonds is 3. The van der Waals surface area contributed by atoms with E-state index < -0.39 is 0 Å². The molecule has 1 aromatic carbocycles. The molecule has 17 heavy (non-hydrogen) atoms. The number of benzene rings is 1. The van der Waals surface area contributed by atoms with Crippen LogP contribution in [0.2, 0.25) is 0 Å². The number of hydrogen-bond donors (Lipinski definition) is 1. The van der Waals surface area contributed by atoms with Gasteiger partial charge in [-0.2, -0.15) is 5.10 Å². The molecule has 1 aliphatic carbocycles. The molecule has 3 nitrogen and oxygen atoms in total. The summed E-state index contributed by atoms with van der Waals surface area (Å²) < 4.78 is 0. The molecule has 0 bridgehead atoms. The fourth-order valence-electron chi connectivity index (χ4n) is 2.54. The van der Waals surface area contributed by atoms with Gasteiger partial charge in [-0.3, -0.25) is 5.10 Å². The summed E-state index contributed by atoms with van der Waals surface area (Å²) in [7, 11) is 0. The van der Waals surface area contributed by atoms with E-state index in [2.05, 4.69) is 39.4 Å². The van der Waals surface area contributed by atoms with Crippen LogP contribution >= 0.6 is 0 Å². The third-order valence-electron chi connectivity index (χ3n) is 3.48. The van der Waals surface area contributed by atoms with Crippen LogP contribution in [-0.2, 0) is 6.42 Å². The lowest BCUT2D eigenvalue weighted by Crippen LogP contribution is -1.95. The van der Waals surface area contributed by atoms with Crippen molar-refractivity contribution in [1.82, 2.24) is 15.2 Å². The Balaban J connectivity index is 1.72. The van der Waals surface area contributed by atoms with Gasteiger partial charge in [-0.25, -0.2) is 4.98 Å². The molecule has 0 saturated heterocycles. The highest BCUT2D eigenvalue weighted by molar-refractivity contribution is 5.18. The quantitative estimate of drug-likeness (QED) is 0.875. The third kappa shape index (κ3) is 2.38. The minimum absolute atomic E-state index is 0.593. The number of nitrogens with zero attached hydrogens (tertiary/aromatic N) is 2. The van der Waals surface area contributed by atoms with E-state index in [9.17, 15) is 0 Å². The Morgan fingerprint density at radius 3 is 2.65 bits per heavy atom. The second kappa shape index (κ2) is 4.70. The lowest BCUT2D eigenvalue weighted by atomic mass is 10.1. The van der Waals surface area contributed by atoms with E-state index in [4.69, 9.17) is 0 Å². The van der Waals surface area contributed by atoms with Crippen LogP contribution in [0.25, 0.3) is 0 Å². The molecule has 1 aromatic heterocycles. The van der Waals surface area contributed by atoms with Gasteiger partial charge in [-0.1, -0.05) is 43.2 Å². The maximum Gasteiger partial charge on any atom is 0.153 e. The van der Waals surface area contributed by atoms with Gasteiger partial charge in [0.1, 0.15) is 5.82 Å². The molecule has 1 aliphatic rings. The van der Waals surface area contributed by atoms with Gasteiger partial charge in [0.15, 0.2) is 5.82 Å². The molecule has 88 valence electrons. The fourth-order valence-corrected chi connectivity index (χ4v) is 2.54. The molecule has 0 amide bonds. The monoisotopic (exact) mass is 227 g/mol. The average Bonchev–Trinajstić information content (AvgIpc) is 3.00. The summed E-state index contributed by atoms with van der Waals surface area (Å²) in [6.45, 7) is 0. The summed E-state index contributed by atoms with van der Waals surface area (Å²) in [4.78, 5) is 4.62. The topological polar surface area (TPSA) is 41.6 Å². The van der Waals surface area contributed by atoms with Crippen molar-refractivity contribution in [3.63, 3.8) is 0 Å². The maximum atomic E-state index is 4.62. The van der Waals surface area contributed by atoms with Crippen molar-refractivity contribution in [2.45, 2.75) is 38.0 Å². The Labute approximate surface area is 101 Å². The average molecular weight is 227 g/mol. The predicted molar refractivity (Wildman–Crippen MR) is 66.8 cm³/mol. The molecule has 1 fully saturated rings. The summed E-state index contributed by atoms with van der Waals surface area (Å²) >= 11 is 0. The lowest BCUT2D eigenvalue weighted by Gasteiger charge is -2.00. The first kappa shape index (κ1) is 10.5. The normalized spacial score (nSPS) is 16.5. The Hall–Kier alpha value is -1.64. The van der Waals surface area contributed by atoms with Crippen LogP contribution in [0, 0.1) is 0 Å².